The van der Waals surface area contributed by atoms with Crippen LogP contribution in [-0.4, -0.2) is 21.8 Å². The Hall–Kier alpha value is -1.58. The largest absolute Gasteiger partial charge is 0.297 e. The second-order valence-corrected chi connectivity index (χ2v) is 7.16. The van der Waals surface area contributed by atoms with Crippen LogP contribution in [-0.2, 0) is 0 Å². The van der Waals surface area contributed by atoms with E-state index in [-0.39, 0.29) is 15.9 Å². The van der Waals surface area contributed by atoms with Gasteiger partial charge in [-0.25, -0.2) is 0 Å². The van der Waals surface area contributed by atoms with Crippen LogP contribution in [0.1, 0.15) is 32.1 Å². The summed E-state index contributed by atoms with van der Waals surface area (Å²) in [5, 5.41) is 24.3. The summed E-state index contributed by atoms with van der Waals surface area (Å²) in [5.41, 5.74) is -0.269. The molecule has 0 radical (unpaired) electrons. The van der Waals surface area contributed by atoms with Gasteiger partial charge in [-0.15, -0.1) is 11.8 Å². The van der Waals surface area contributed by atoms with Crippen LogP contribution in [0.15, 0.2) is 29.2 Å². The molecular weight excluding hydrogens is 286 g/mol. The monoisotopic (exact) mass is 303 g/mol. The molecule has 0 amide bonds. The van der Waals surface area contributed by atoms with Gasteiger partial charge in [0.05, 0.1) is 15.9 Å². The first-order chi connectivity index (χ1) is 10.1. The van der Waals surface area contributed by atoms with Crippen molar-refractivity contribution in [1.29, 1.82) is 5.26 Å². The Morgan fingerprint density at radius 2 is 2.14 bits per heavy atom. The zero-order chi connectivity index (χ0) is 14.9. The molecule has 0 aromatic heterocycles. The summed E-state index contributed by atoms with van der Waals surface area (Å²) in [6.07, 6.45) is 4.83. The van der Waals surface area contributed by atoms with Crippen molar-refractivity contribution in [2.24, 2.45) is 0 Å². The number of para-hydroxylation sites is 1. The standard InChI is InChI=1S/C15H17N3O2S/c16-10-15(17-11-5-6-11)8-7-12(9-15)21-14-4-2-1-3-13(14)18(19)20/h1-4,11-12,17H,5-9H2. The molecule has 1 N–H and O–H groups in total. The molecule has 0 saturated heterocycles. The molecular formula is C15H17N3O2S. The van der Waals surface area contributed by atoms with Crippen molar-refractivity contribution in [3.8, 4) is 6.07 Å². The van der Waals surface area contributed by atoms with E-state index in [0.717, 1.165) is 32.1 Å². The average Bonchev–Trinajstić information content (AvgIpc) is 3.19. The molecule has 2 aliphatic carbocycles. The average molecular weight is 303 g/mol. The number of thioether (sulfide) groups is 1. The maximum absolute atomic E-state index is 11.1. The zero-order valence-corrected chi connectivity index (χ0v) is 12.4. The van der Waals surface area contributed by atoms with E-state index in [4.69, 9.17) is 0 Å². The number of hydrogen-bond acceptors (Lipinski definition) is 5. The van der Waals surface area contributed by atoms with Gasteiger partial charge in [-0.2, -0.15) is 5.26 Å². The lowest BCUT2D eigenvalue weighted by atomic mass is 10.00. The maximum atomic E-state index is 11.1. The van der Waals surface area contributed by atoms with Crippen LogP contribution in [0.4, 0.5) is 5.69 Å². The molecule has 2 unspecified atom stereocenters. The zero-order valence-electron chi connectivity index (χ0n) is 11.6. The molecule has 2 aliphatic rings. The molecule has 0 bridgehead atoms. The van der Waals surface area contributed by atoms with E-state index in [2.05, 4.69) is 11.4 Å². The van der Waals surface area contributed by atoms with Gasteiger partial charge in [0, 0.05) is 17.4 Å². The number of hydrogen-bond donors (Lipinski definition) is 1. The lowest BCUT2D eigenvalue weighted by Crippen LogP contribution is -2.43. The summed E-state index contributed by atoms with van der Waals surface area (Å²) in [5.74, 6) is 0. The van der Waals surface area contributed by atoms with Crippen LogP contribution >= 0.6 is 11.8 Å². The van der Waals surface area contributed by atoms with E-state index >= 15 is 0 Å². The Kier molecular flexibility index (Phi) is 3.87. The lowest BCUT2D eigenvalue weighted by molar-refractivity contribution is -0.387. The molecule has 21 heavy (non-hydrogen) atoms. The van der Waals surface area contributed by atoms with Gasteiger partial charge in [0.25, 0.3) is 5.69 Å². The van der Waals surface area contributed by atoms with Gasteiger partial charge in [-0.3, -0.25) is 15.4 Å². The van der Waals surface area contributed by atoms with Gasteiger partial charge in [-0.1, -0.05) is 12.1 Å². The Balaban J connectivity index is 1.69. The summed E-state index contributed by atoms with van der Waals surface area (Å²) in [6.45, 7) is 0. The fraction of sp³-hybridized carbons (Fsp3) is 0.533. The van der Waals surface area contributed by atoms with Crippen molar-refractivity contribution in [2.45, 2.75) is 53.8 Å². The van der Waals surface area contributed by atoms with E-state index in [0.29, 0.717) is 10.9 Å². The smallest absolute Gasteiger partial charge is 0.282 e. The van der Waals surface area contributed by atoms with Gasteiger partial charge >= 0.3 is 0 Å². The predicted octanol–water partition coefficient (Wildman–Crippen LogP) is 3.25. The SMILES string of the molecule is N#CC1(NC2CC2)CCC(Sc2ccccc2[N+](=O)[O-])C1. The van der Waals surface area contributed by atoms with Gasteiger partial charge in [0.1, 0.15) is 5.54 Å². The molecule has 5 nitrogen and oxygen atoms in total. The van der Waals surface area contributed by atoms with E-state index < -0.39 is 5.54 Å². The van der Waals surface area contributed by atoms with Crippen molar-refractivity contribution in [1.82, 2.24) is 5.32 Å². The van der Waals surface area contributed by atoms with E-state index in [1.165, 1.54) is 17.8 Å². The van der Waals surface area contributed by atoms with Crippen molar-refractivity contribution in [3.63, 3.8) is 0 Å². The van der Waals surface area contributed by atoms with Crippen LogP contribution < -0.4 is 5.32 Å². The number of nitriles is 1. The lowest BCUT2D eigenvalue weighted by Gasteiger charge is -2.22. The van der Waals surface area contributed by atoms with Crippen molar-refractivity contribution >= 4 is 17.4 Å². The summed E-state index contributed by atoms with van der Waals surface area (Å²) >= 11 is 1.54. The molecule has 2 fully saturated rings. The van der Waals surface area contributed by atoms with E-state index in [1.54, 1.807) is 12.1 Å². The van der Waals surface area contributed by atoms with Crippen molar-refractivity contribution in [3.05, 3.63) is 34.4 Å². The van der Waals surface area contributed by atoms with Crippen LogP contribution in [0, 0.1) is 21.4 Å². The van der Waals surface area contributed by atoms with Crippen LogP contribution in [0.2, 0.25) is 0 Å². The number of nitro benzene ring substituents is 1. The second kappa shape index (κ2) is 5.66. The topological polar surface area (TPSA) is 79.0 Å². The minimum Gasteiger partial charge on any atom is -0.297 e. The molecule has 2 saturated carbocycles. The molecule has 1 aromatic rings. The van der Waals surface area contributed by atoms with Crippen LogP contribution in [0.3, 0.4) is 0 Å². The van der Waals surface area contributed by atoms with Crippen molar-refractivity contribution in [2.75, 3.05) is 0 Å². The molecule has 0 aliphatic heterocycles. The summed E-state index contributed by atoms with van der Waals surface area (Å²) < 4.78 is 0. The Labute approximate surface area is 127 Å². The fourth-order valence-electron chi connectivity index (χ4n) is 2.87. The number of nitrogens with one attached hydrogen (secondary N) is 1. The molecule has 1 aromatic carbocycles. The first-order valence-electron chi connectivity index (χ1n) is 7.21. The van der Waals surface area contributed by atoms with Gasteiger partial charge in [-0.05, 0) is 38.2 Å². The highest BCUT2D eigenvalue weighted by Crippen LogP contribution is 2.43. The fourth-order valence-corrected chi connectivity index (χ4v) is 4.25. The summed E-state index contributed by atoms with van der Waals surface area (Å²) in [7, 11) is 0. The number of nitrogens with zero attached hydrogens (tertiary/aromatic N) is 2. The highest BCUT2D eigenvalue weighted by atomic mass is 32.2. The Morgan fingerprint density at radius 1 is 1.38 bits per heavy atom. The van der Waals surface area contributed by atoms with Gasteiger partial charge in [0.2, 0.25) is 0 Å². The Bertz CT molecular complexity index is 597. The molecule has 2 atom stereocenters. The van der Waals surface area contributed by atoms with Gasteiger partial charge < -0.3 is 0 Å². The van der Waals surface area contributed by atoms with Crippen LogP contribution in [0.5, 0.6) is 0 Å². The molecule has 0 spiro atoms. The van der Waals surface area contributed by atoms with E-state index in [1.807, 2.05) is 6.07 Å². The quantitative estimate of drug-likeness (QED) is 0.667. The highest BCUT2D eigenvalue weighted by molar-refractivity contribution is 8.00. The second-order valence-electron chi connectivity index (χ2n) is 5.82. The molecule has 6 heteroatoms. The van der Waals surface area contributed by atoms with Crippen LogP contribution in [0.25, 0.3) is 0 Å². The third kappa shape index (κ3) is 3.20. The Morgan fingerprint density at radius 3 is 2.81 bits per heavy atom. The van der Waals surface area contributed by atoms with E-state index in [9.17, 15) is 15.4 Å². The number of rotatable bonds is 5. The summed E-state index contributed by atoms with van der Waals surface area (Å²) in [4.78, 5) is 11.4. The predicted molar refractivity (Wildman–Crippen MR) is 81.1 cm³/mol. The first kappa shape index (κ1) is 14.4. The molecule has 3 rings (SSSR count). The summed E-state index contributed by atoms with van der Waals surface area (Å²) in [6, 6.07) is 9.79. The highest BCUT2D eigenvalue weighted by Gasteiger charge is 2.43. The molecule has 110 valence electrons. The molecule has 0 heterocycles. The third-order valence-electron chi connectivity index (χ3n) is 4.10. The number of benzene rings is 1. The first-order valence-corrected chi connectivity index (χ1v) is 8.09. The normalized spacial score (nSPS) is 28.2. The van der Waals surface area contributed by atoms with Gasteiger partial charge in [0.15, 0.2) is 0 Å². The number of nitro groups is 1. The minimum atomic E-state index is -0.428. The third-order valence-corrected chi connectivity index (χ3v) is 5.43. The minimum absolute atomic E-state index is 0.159. The maximum Gasteiger partial charge on any atom is 0.282 e. The van der Waals surface area contributed by atoms with Crippen molar-refractivity contribution < 1.29 is 4.92 Å².